The number of amides is 1. The molecule has 0 spiro atoms. The van der Waals surface area contributed by atoms with Crippen LogP contribution in [0.3, 0.4) is 0 Å². The fraction of sp³-hybridized carbons (Fsp3) is 0.588. The molecule has 1 aromatic carbocycles. The molecule has 1 aliphatic rings. The van der Waals surface area contributed by atoms with Gasteiger partial charge in [-0.15, -0.1) is 0 Å². The second kappa shape index (κ2) is 6.94. The van der Waals surface area contributed by atoms with Crippen molar-refractivity contribution in [3.8, 4) is 0 Å². The minimum Gasteiger partial charge on any atom is -0.399 e. The van der Waals surface area contributed by atoms with E-state index in [-0.39, 0.29) is 11.8 Å². The van der Waals surface area contributed by atoms with E-state index in [1.807, 2.05) is 36.1 Å². The van der Waals surface area contributed by atoms with Gasteiger partial charge in [-0.25, -0.2) is 0 Å². The molecule has 4 heteroatoms. The highest BCUT2D eigenvalue weighted by Crippen LogP contribution is 2.21. The largest absolute Gasteiger partial charge is 0.399 e. The van der Waals surface area contributed by atoms with Crippen molar-refractivity contribution >= 4 is 11.6 Å². The monoisotopic (exact) mass is 289 g/mol. The zero-order chi connectivity index (χ0) is 15.4. The lowest BCUT2D eigenvalue weighted by Gasteiger charge is -2.36. The first-order chi connectivity index (χ1) is 9.97. The summed E-state index contributed by atoms with van der Waals surface area (Å²) in [5, 5.41) is 0. The van der Waals surface area contributed by atoms with Crippen LogP contribution in [0.4, 0.5) is 5.69 Å². The summed E-state index contributed by atoms with van der Waals surface area (Å²) < 4.78 is 0. The molecule has 2 rings (SSSR count). The number of rotatable bonds is 4. The van der Waals surface area contributed by atoms with Gasteiger partial charge in [0.05, 0.1) is 5.92 Å². The number of carbonyl (C=O) groups is 1. The van der Waals surface area contributed by atoms with Crippen molar-refractivity contribution < 1.29 is 4.79 Å². The number of nitrogens with two attached hydrogens (primary N) is 1. The Kier molecular flexibility index (Phi) is 5.23. The minimum absolute atomic E-state index is 0.120. The first kappa shape index (κ1) is 15.8. The van der Waals surface area contributed by atoms with Crippen molar-refractivity contribution in [2.24, 2.45) is 5.92 Å². The number of nitrogen functional groups attached to an aromatic ring is 1. The van der Waals surface area contributed by atoms with Gasteiger partial charge in [-0.1, -0.05) is 26.0 Å². The predicted molar refractivity (Wildman–Crippen MR) is 87.1 cm³/mol. The molecule has 1 saturated heterocycles. The molecule has 0 radical (unpaired) electrons. The third kappa shape index (κ3) is 4.21. The molecule has 1 unspecified atom stereocenters. The average molecular weight is 289 g/mol. The summed E-state index contributed by atoms with van der Waals surface area (Å²) in [6.45, 7) is 11.2. The highest BCUT2D eigenvalue weighted by Gasteiger charge is 2.25. The Morgan fingerprint density at radius 2 is 1.86 bits per heavy atom. The van der Waals surface area contributed by atoms with Gasteiger partial charge in [0.2, 0.25) is 5.91 Å². The zero-order valence-corrected chi connectivity index (χ0v) is 13.4. The summed E-state index contributed by atoms with van der Waals surface area (Å²) in [6.07, 6.45) is 0. The van der Waals surface area contributed by atoms with Crippen molar-refractivity contribution in [1.82, 2.24) is 9.80 Å². The van der Waals surface area contributed by atoms with Crippen LogP contribution >= 0.6 is 0 Å². The van der Waals surface area contributed by atoms with E-state index in [0.717, 1.165) is 38.3 Å². The number of piperazine rings is 1. The Hall–Kier alpha value is -1.55. The van der Waals surface area contributed by atoms with Crippen LogP contribution in [-0.4, -0.2) is 48.4 Å². The maximum Gasteiger partial charge on any atom is 0.229 e. The van der Waals surface area contributed by atoms with Gasteiger partial charge >= 0.3 is 0 Å². The van der Waals surface area contributed by atoms with Crippen LogP contribution in [-0.2, 0) is 4.79 Å². The zero-order valence-electron chi connectivity index (χ0n) is 13.4. The van der Waals surface area contributed by atoms with Crippen molar-refractivity contribution in [3.05, 3.63) is 29.8 Å². The van der Waals surface area contributed by atoms with Gasteiger partial charge in [-0.05, 0) is 30.5 Å². The molecule has 0 saturated carbocycles. The van der Waals surface area contributed by atoms with Crippen molar-refractivity contribution in [2.75, 3.05) is 38.5 Å². The normalized spacial score (nSPS) is 18.0. The van der Waals surface area contributed by atoms with E-state index in [1.54, 1.807) is 0 Å². The molecule has 4 nitrogen and oxygen atoms in total. The van der Waals surface area contributed by atoms with E-state index in [4.69, 9.17) is 5.73 Å². The van der Waals surface area contributed by atoms with Gasteiger partial charge in [0.1, 0.15) is 0 Å². The summed E-state index contributed by atoms with van der Waals surface area (Å²) >= 11 is 0. The smallest absolute Gasteiger partial charge is 0.229 e. The molecular weight excluding hydrogens is 262 g/mol. The van der Waals surface area contributed by atoms with E-state index in [1.165, 1.54) is 0 Å². The second-order valence-corrected chi connectivity index (χ2v) is 6.41. The standard InChI is InChI=1S/C17H27N3O/c1-13(2)12-19-7-9-20(10-8-19)17(21)14(3)15-5-4-6-16(18)11-15/h4-6,11,13-14H,7-10,12,18H2,1-3H3. The van der Waals surface area contributed by atoms with Gasteiger partial charge in [0.15, 0.2) is 0 Å². The molecule has 116 valence electrons. The quantitative estimate of drug-likeness (QED) is 0.864. The maximum atomic E-state index is 12.6. The van der Waals surface area contributed by atoms with E-state index in [0.29, 0.717) is 11.6 Å². The molecule has 1 atom stereocenters. The van der Waals surface area contributed by atoms with Crippen LogP contribution in [0.15, 0.2) is 24.3 Å². The lowest BCUT2D eigenvalue weighted by Crippen LogP contribution is -2.50. The summed E-state index contributed by atoms with van der Waals surface area (Å²) in [4.78, 5) is 17.0. The van der Waals surface area contributed by atoms with Crippen molar-refractivity contribution in [2.45, 2.75) is 26.7 Å². The van der Waals surface area contributed by atoms with E-state index >= 15 is 0 Å². The molecule has 21 heavy (non-hydrogen) atoms. The first-order valence-electron chi connectivity index (χ1n) is 7.84. The molecule has 0 aliphatic carbocycles. The Morgan fingerprint density at radius 3 is 2.43 bits per heavy atom. The van der Waals surface area contributed by atoms with Crippen LogP contribution in [0.2, 0.25) is 0 Å². The lowest BCUT2D eigenvalue weighted by atomic mass is 9.99. The predicted octanol–water partition coefficient (Wildman–Crippen LogP) is 2.17. The number of nitrogens with zero attached hydrogens (tertiary/aromatic N) is 2. The third-order valence-corrected chi connectivity index (χ3v) is 4.09. The summed E-state index contributed by atoms with van der Waals surface area (Å²) in [5.41, 5.74) is 7.53. The van der Waals surface area contributed by atoms with Crippen LogP contribution in [0, 0.1) is 5.92 Å². The molecule has 1 fully saturated rings. The Bertz CT molecular complexity index is 479. The molecule has 2 N–H and O–H groups in total. The van der Waals surface area contributed by atoms with Gasteiger partial charge in [0, 0.05) is 38.4 Å². The molecule has 1 aliphatic heterocycles. The van der Waals surface area contributed by atoms with Crippen molar-refractivity contribution in [3.63, 3.8) is 0 Å². The molecule has 0 bridgehead atoms. The number of carbonyl (C=O) groups excluding carboxylic acids is 1. The summed E-state index contributed by atoms with van der Waals surface area (Å²) in [7, 11) is 0. The van der Waals surface area contributed by atoms with Gasteiger partial charge in [0.25, 0.3) is 0 Å². The number of benzene rings is 1. The Labute approximate surface area is 127 Å². The number of hydrogen-bond acceptors (Lipinski definition) is 3. The Morgan fingerprint density at radius 1 is 1.19 bits per heavy atom. The third-order valence-electron chi connectivity index (χ3n) is 4.09. The van der Waals surface area contributed by atoms with Crippen molar-refractivity contribution in [1.29, 1.82) is 0 Å². The highest BCUT2D eigenvalue weighted by atomic mass is 16.2. The lowest BCUT2D eigenvalue weighted by molar-refractivity contribution is -0.134. The number of hydrogen-bond donors (Lipinski definition) is 1. The van der Waals surface area contributed by atoms with Crippen LogP contribution in [0.5, 0.6) is 0 Å². The van der Waals surface area contributed by atoms with Gasteiger partial charge < -0.3 is 10.6 Å². The molecule has 1 amide bonds. The number of anilines is 1. The summed E-state index contributed by atoms with van der Waals surface area (Å²) in [5.74, 6) is 0.772. The van der Waals surface area contributed by atoms with E-state index in [2.05, 4.69) is 18.7 Å². The van der Waals surface area contributed by atoms with Crippen LogP contribution in [0.1, 0.15) is 32.3 Å². The second-order valence-electron chi connectivity index (χ2n) is 6.41. The topological polar surface area (TPSA) is 49.6 Å². The van der Waals surface area contributed by atoms with Crippen LogP contribution in [0.25, 0.3) is 0 Å². The summed E-state index contributed by atoms with van der Waals surface area (Å²) in [6, 6.07) is 7.64. The van der Waals surface area contributed by atoms with Crippen LogP contribution < -0.4 is 5.73 Å². The Balaban J connectivity index is 1.92. The first-order valence-corrected chi connectivity index (χ1v) is 7.84. The molecule has 1 heterocycles. The molecule has 0 aromatic heterocycles. The average Bonchev–Trinajstić information content (AvgIpc) is 2.46. The molecule has 1 aromatic rings. The fourth-order valence-corrected chi connectivity index (χ4v) is 2.91. The SMILES string of the molecule is CC(C)CN1CCN(C(=O)C(C)c2cccc(N)c2)CC1. The van der Waals surface area contributed by atoms with E-state index in [9.17, 15) is 4.79 Å². The molecular formula is C17H27N3O. The minimum atomic E-state index is -0.120. The van der Waals surface area contributed by atoms with Gasteiger partial charge in [-0.2, -0.15) is 0 Å². The maximum absolute atomic E-state index is 12.6. The fourth-order valence-electron chi connectivity index (χ4n) is 2.91. The van der Waals surface area contributed by atoms with E-state index < -0.39 is 0 Å². The van der Waals surface area contributed by atoms with Gasteiger partial charge in [-0.3, -0.25) is 9.69 Å². The highest BCUT2D eigenvalue weighted by molar-refractivity contribution is 5.83.